The molecule has 2 N–H and O–H groups in total. The van der Waals surface area contributed by atoms with Crippen LogP contribution in [0, 0.1) is 0 Å². The summed E-state index contributed by atoms with van der Waals surface area (Å²) in [5.41, 5.74) is 0.497. The van der Waals surface area contributed by atoms with E-state index in [1.807, 2.05) is 0 Å². The van der Waals surface area contributed by atoms with Gasteiger partial charge in [-0.05, 0) is 38.0 Å². The second kappa shape index (κ2) is 5.19. The fourth-order valence-corrected chi connectivity index (χ4v) is 2.17. The number of nitrogens with zero attached hydrogens (tertiary/aromatic N) is 1. The Morgan fingerprint density at radius 1 is 1.32 bits per heavy atom. The Hall–Kier alpha value is -1.59. The molecule has 0 fully saturated rings. The fraction of sp³-hybridized carbons (Fsp3) is 0.500. The molecule has 0 bridgehead atoms. The molecule has 1 aliphatic heterocycles. The van der Waals surface area contributed by atoms with Crippen molar-refractivity contribution in [2.75, 3.05) is 18.1 Å². The highest BCUT2D eigenvalue weighted by Gasteiger charge is 2.40. The van der Waals surface area contributed by atoms with Crippen molar-refractivity contribution in [3.8, 4) is 5.75 Å². The molecule has 1 aromatic rings. The van der Waals surface area contributed by atoms with Crippen molar-refractivity contribution in [2.24, 2.45) is 0 Å². The van der Waals surface area contributed by atoms with Crippen molar-refractivity contribution in [3.05, 3.63) is 23.8 Å². The molecule has 0 radical (unpaired) electrons. The van der Waals surface area contributed by atoms with E-state index in [1.54, 1.807) is 36.9 Å². The zero-order valence-electron chi connectivity index (χ0n) is 11.2. The number of rotatable bonds is 4. The van der Waals surface area contributed by atoms with Gasteiger partial charge in [-0.15, -0.1) is 0 Å². The molecule has 1 aliphatic rings. The van der Waals surface area contributed by atoms with Crippen LogP contribution in [0.15, 0.2) is 18.2 Å². The van der Waals surface area contributed by atoms with Gasteiger partial charge in [0.2, 0.25) is 0 Å². The molecular formula is C14H19NO4. The first-order valence-corrected chi connectivity index (χ1v) is 6.35. The fourth-order valence-electron chi connectivity index (χ4n) is 2.17. The number of carbonyl (C=O) groups excluding carboxylic acids is 1. The summed E-state index contributed by atoms with van der Waals surface area (Å²) in [6.07, 6.45) is 0.517. The summed E-state index contributed by atoms with van der Waals surface area (Å²) in [5.74, 6) is 0.472. The Morgan fingerprint density at radius 3 is 2.68 bits per heavy atom. The summed E-state index contributed by atoms with van der Waals surface area (Å²) in [6, 6.07) is 5.28. The highest BCUT2D eigenvalue weighted by atomic mass is 16.5. The van der Waals surface area contributed by atoms with Gasteiger partial charge in [-0.3, -0.25) is 4.79 Å². The molecule has 0 aliphatic carbocycles. The van der Waals surface area contributed by atoms with Gasteiger partial charge in [0, 0.05) is 13.2 Å². The number of hydrogen-bond acceptors (Lipinski definition) is 4. The number of aliphatic hydroxyl groups excluding tert-OH is 2. The van der Waals surface area contributed by atoms with Crippen LogP contribution in [0.1, 0.15) is 25.8 Å². The number of carbonyl (C=O) groups is 1. The van der Waals surface area contributed by atoms with Crippen LogP contribution in [0.5, 0.6) is 5.75 Å². The number of benzene rings is 1. The molecule has 0 aromatic heterocycles. The number of amides is 1. The lowest BCUT2D eigenvalue weighted by Crippen LogP contribution is -2.52. The van der Waals surface area contributed by atoms with Crippen molar-refractivity contribution < 1.29 is 19.7 Å². The lowest BCUT2D eigenvalue weighted by atomic mass is 10.0. The zero-order chi connectivity index (χ0) is 14.0. The molecule has 0 unspecified atom stereocenters. The van der Waals surface area contributed by atoms with Crippen LogP contribution < -0.4 is 9.64 Å². The second-order valence-corrected chi connectivity index (χ2v) is 5.11. The van der Waals surface area contributed by atoms with Crippen LogP contribution in [0.3, 0.4) is 0 Å². The van der Waals surface area contributed by atoms with E-state index >= 15 is 0 Å². The third-order valence-electron chi connectivity index (χ3n) is 3.16. The first-order chi connectivity index (χ1) is 8.99. The molecular weight excluding hydrogens is 246 g/mol. The maximum Gasteiger partial charge on any atom is 0.270 e. The van der Waals surface area contributed by atoms with Gasteiger partial charge in [0.15, 0.2) is 5.60 Å². The van der Waals surface area contributed by atoms with Gasteiger partial charge in [0.1, 0.15) is 5.75 Å². The van der Waals surface area contributed by atoms with Crippen LogP contribution >= 0.6 is 0 Å². The van der Waals surface area contributed by atoms with Crippen molar-refractivity contribution >= 4 is 11.6 Å². The predicted molar refractivity (Wildman–Crippen MR) is 71.1 cm³/mol. The van der Waals surface area contributed by atoms with Crippen LogP contribution in [-0.2, 0) is 11.4 Å². The highest BCUT2D eigenvalue weighted by Crippen LogP contribution is 2.38. The lowest BCUT2D eigenvalue weighted by Gasteiger charge is -2.39. The first kappa shape index (κ1) is 13.8. The summed E-state index contributed by atoms with van der Waals surface area (Å²) in [5, 5.41) is 18.1. The SMILES string of the molecule is CC1(C)Oc2cc(CO)ccc2N(CCCO)C1=O. The molecule has 19 heavy (non-hydrogen) atoms. The van der Waals surface area contributed by atoms with Crippen molar-refractivity contribution in [2.45, 2.75) is 32.5 Å². The van der Waals surface area contributed by atoms with Crippen LogP contribution in [0.4, 0.5) is 5.69 Å². The number of fused-ring (bicyclic) bond motifs is 1. The molecule has 1 amide bonds. The van der Waals surface area contributed by atoms with Gasteiger partial charge >= 0.3 is 0 Å². The van der Waals surface area contributed by atoms with Crippen molar-refractivity contribution in [1.82, 2.24) is 0 Å². The van der Waals surface area contributed by atoms with Crippen LogP contribution in [0.2, 0.25) is 0 Å². The van der Waals surface area contributed by atoms with Gasteiger partial charge < -0.3 is 19.8 Å². The third kappa shape index (κ3) is 2.57. The van der Waals surface area contributed by atoms with Gasteiger partial charge in [0.25, 0.3) is 5.91 Å². The van der Waals surface area contributed by atoms with E-state index in [9.17, 15) is 4.79 Å². The molecule has 0 saturated heterocycles. The highest BCUT2D eigenvalue weighted by molar-refractivity contribution is 6.02. The number of hydrogen-bond donors (Lipinski definition) is 2. The zero-order valence-corrected chi connectivity index (χ0v) is 11.2. The van der Waals surface area contributed by atoms with E-state index in [0.717, 1.165) is 5.56 Å². The Bertz CT molecular complexity index is 484. The Balaban J connectivity index is 2.41. The standard InChI is InChI=1S/C14H19NO4/c1-14(2)13(18)15(6-3-7-16)11-5-4-10(9-17)8-12(11)19-14/h4-5,8,16-17H,3,6-7,9H2,1-2H3. The molecule has 1 heterocycles. The molecule has 5 heteroatoms. The Morgan fingerprint density at radius 2 is 2.05 bits per heavy atom. The molecule has 104 valence electrons. The second-order valence-electron chi connectivity index (χ2n) is 5.11. The average molecular weight is 265 g/mol. The van der Waals surface area contributed by atoms with E-state index in [0.29, 0.717) is 24.4 Å². The normalized spacial score (nSPS) is 17.1. The maximum absolute atomic E-state index is 12.3. The summed E-state index contributed by atoms with van der Waals surface area (Å²) in [7, 11) is 0. The molecule has 0 saturated carbocycles. The first-order valence-electron chi connectivity index (χ1n) is 6.35. The molecule has 0 atom stereocenters. The van der Waals surface area contributed by atoms with Gasteiger partial charge in [-0.2, -0.15) is 0 Å². The minimum absolute atomic E-state index is 0.0368. The van der Waals surface area contributed by atoms with E-state index in [-0.39, 0.29) is 19.1 Å². The quantitative estimate of drug-likeness (QED) is 0.854. The van der Waals surface area contributed by atoms with E-state index < -0.39 is 5.60 Å². The van der Waals surface area contributed by atoms with E-state index in [4.69, 9.17) is 14.9 Å². The summed E-state index contributed by atoms with van der Waals surface area (Å²) >= 11 is 0. The minimum atomic E-state index is -0.934. The largest absolute Gasteiger partial charge is 0.476 e. The molecule has 5 nitrogen and oxygen atoms in total. The maximum atomic E-state index is 12.3. The number of ether oxygens (including phenoxy) is 1. The van der Waals surface area contributed by atoms with Crippen LogP contribution in [0.25, 0.3) is 0 Å². The summed E-state index contributed by atoms with van der Waals surface area (Å²) < 4.78 is 5.72. The summed E-state index contributed by atoms with van der Waals surface area (Å²) in [4.78, 5) is 14.0. The third-order valence-corrected chi connectivity index (χ3v) is 3.16. The average Bonchev–Trinajstić information content (AvgIpc) is 2.38. The number of aliphatic hydroxyl groups is 2. The smallest absolute Gasteiger partial charge is 0.270 e. The van der Waals surface area contributed by atoms with Crippen molar-refractivity contribution in [1.29, 1.82) is 0 Å². The molecule has 1 aromatic carbocycles. The van der Waals surface area contributed by atoms with E-state index in [2.05, 4.69) is 0 Å². The monoisotopic (exact) mass is 265 g/mol. The topological polar surface area (TPSA) is 70.0 Å². The lowest BCUT2D eigenvalue weighted by molar-refractivity contribution is -0.132. The molecule has 2 rings (SSSR count). The van der Waals surface area contributed by atoms with E-state index in [1.165, 1.54) is 0 Å². The predicted octanol–water partition coefficient (Wildman–Crippen LogP) is 1.07. The van der Waals surface area contributed by atoms with Gasteiger partial charge in [-0.25, -0.2) is 0 Å². The molecule has 0 spiro atoms. The van der Waals surface area contributed by atoms with Gasteiger partial charge in [0.05, 0.1) is 12.3 Å². The van der Waals surface area contributed by atoms with Gasteiger partial charge in [-0.1, -0.05) is 6.07 Å². The Labute approximate surface area is 112 Å². The minimum Gasteiger partial charge on any atom is -0.476 e. The van der Waals surface area contributed by atoms with Crippen molar-refractivity contribution in [3.63, 3.8) is 0 Å². The Kier molecular flexibility index (Phi) is 3.78. The summed E-state index contributed by atoms with van der Waals surface area (Å²) in [6.45, 7) is 3.86. The number of anilines is 1. The van der Waals surface area contributed by atoms with Crippen LogP contribution in [-0.4, -0.2) is 34.9 Å².